The largest absolute Gasteiger partial charge is 0.477 e. The van der Waals surface area contributed by atoms with Crippen molar-refractivity contribution >= 4 is 39.9 Å². The van der Waals surface area contributed by atoms with E-state index in [2.05, 4.69) is 15.1 Å². The predicted octanol–water partition coefficient (Wildman–Crippen LogP) is 0.395. The van der Waals surface area contributed by atoms with E-state index in [4.69, 9.17) is 15.1 Å². The Hall–Kier alpha value is -3.35. The van der Waals surface area contributed by atoms with Crippen LogP contribution in [0.5, 0.6) is 0 Å². The summed E-state index contributed by atoms with van der Waals surface area (Å²) in [6.45, 7) is 1.91. The van der Waals surface area contributed by atoms with Crippen LogP contribution in [0.15, 0.2) is 33.8 Å². The van der Waals surface area contributed by atoms with E-state index in [9.17, 15) is 14.7 Å². The molecule has 3 aromatic heterocycles. The number of nitrogens with zero attached hydrogens (tertiary/aromatic N) is 5. The average Bonchev–Trinajstić information content (AvgIpc) is 3.24. The van der Waals surface area contributed by atoms with Gasteiger partial charge in [0.2, 0.25) is 5.43 Å². The zero-order valence-electron chi connectivity index (χ0n) is 16.4. The molecule has 162 valence electrons. The van der Waals surface area contributed by atoms with E-state index in [0.717, 1.165) is 0 Å². The van der Waals surface area contributed by atoms with Gasteiger partial charge in [0.05, 0.1) is 37.4 Å². The third-order valence-electron chi connectivity index (χ3n) is 4.81. The minimum Gasteiger partial charge on any atom is -0.477 e. The summed E-state index contributed by atoms with van der Waals surface area (Å²) in [5.74, 6) is -0.717. The Morgan fingerprint density at radius 2 is 2.10 bits per heavy atom. The number of anilines is 1. The Morgan fingerprint density at radius 1 is 1.35 bits per heavy atom. The van der Waals surface area contributed by atoms with Crippen molar-refractivity contribution in [1.29, 1.82) is 0 Å². The summed E-state index contributed by atoms with van der Waals surface area (Å²) in [7, 11) is 0. The fourth-order valence-corrected chi connectivity index (χ4v) is 3.78. The van der Waals surface area contributed by atoms with Crippen LogP contribution in [0.1, 0.15) is 15.9 Å². The molecular weight excluding hydrogens is 426 g/mol. The highest BCUT2D eigenvalue weighted by Gasteiger charge is 2.27. The minimum absolute atomic E-state index is 0.227. The highest BCUT2D eigenvalue weighted by Crippen LogP contribution is 2.26. The number of carbonyl (C=O) groups is 1. The molecule has 0 aromatic carbocycles. The van der Waals surface area contributed by atoms with Crippen LogP contribution in [0, 0.1) is 6.92 Å². The fourth-order valence-electron chi connectivity index (χ4n) is 3.16. The van der Waals surface area contributed by atoms with Gasteiger partial charge in [0.15, 0.2) is 16.9 Å². The summed E-state index contributed by atoms with van der Waals surface area (Å²) in [5, 5.41) is 33.9. The molecule has 4 heterocycles. The van der Waals surface area contributed by atoms with Crippen molar-refractivity contribution in [3.8, 4) is 5.13 Å². The second-order valence-electron chi connectivity index (χ2n) is 6.96. The average molecular weight is 445 g/mol. The van der Waals surface area contributed by atoms with Gasteiger partial charge in [0.25, 0.3) is 0 Å². The SMILES string of the molecule is Cc1cc(N2CC(=NOC(CO)CO)C2)nc2c1c(=O)c(C(=O)O)cn2-c1nccs1. The van der Waals surface area contributed by atoms with Crippen LogP contribution in [-0.4, -0.2) is 73.9 Å². The molecule has 1 aliphatic rings. The van der Waals surface area contributed by atoms with Gasteiger partial charge in [-0.15, -0.1) is 11.3 Å². The van der Waals surface area contributed by atoms with Crippen molar-refractivity contribution in [3.63, 3.8) is 0 Å². The summed E-state index contributed by atoms with van der Waals surface area (Å²) in [6.07, 6.45) is 2.08. The van der Waals surface area contributed by atoms with Gasteiger partial charge >= 0.3 is 5.97 Å². The molecule has 4 rings (SSSR count). The van der Waals surface area contributed by atoms with Crippen molar-refractivity contribution in [2.24, 2.45) is 5.16 Å². The van der Waals surface area contributed by atoms with E-state index >= 15 is 0 Å². The number of hydrogen-bond donors (Lipinski definition) is 3. The molecule has 0 unspecified atom stereocenters. The number of carboxylic acid groups (broad SMARTS) is 1. The molecule has 0 amide bonds. The molecule has 0 spiro atoms. The number of fused-ring (bicyclic) bond motifs is 1. The molecule has 0 atom stereocenters. The van der Waals surface area contributed by atoms with Crippen LogP contribution < -0.4 is 10.3 Å². The van der Waals surface area contributed by atoms with Gasteiger partial charge in [-0.2, -0.15) is 0 Å². The molecule has 12 heteroatoms. The maximum atomic E-state index is 12.8. The predicted molar refractivity (Wildman–Crippen MR) is 113 cm³/mol. The number of thiazole rings is 1. The van der Waals surface area contributed by atoms with E-state index in [1.165, 1.54) is 22.1 Å². The lowest BCUT2D eigenvalue weighted by molar-refractivity contribution is -0.0176. The zero-order valence-corrected chi connectivity index (χ0v) is 17.2. The van der Waals surface area contributed by atoms with Gasteiger partial charge in [-0.3, -0.25) is 9.36 Å². The van der Waals surface area contributed by atoms with Crippen LogP contribution in [0.3, 0.4) is 0 Å². The van der Waals surface area contributed by atoms with Crippen LogP contribution in [0.4, 0.5) is 5.82 Å². The Bertz CT molecular complexity index is 1210. The van der Waals surface area contributed by atoms with E-state index in [-0.39, 0.29) is 24.2 Å². The van der Waals surface area contributed by atoms with Gasteiger partial charge in [0.1, 0.15) is 11.4 Å². The first-order valence-electron chi connectivity index (χ1n) is 9.31. The Balaban J connectivity index is 1.73. The molecule has 31 heavy (non-hydrogen) atoms. The number of carboxylic acids is 1. The highest BCUT2D eigenvalue weighted by molar-refractivity contribution is 7.12. The molecule has 1 aliphatic heterocycles. The van der Waals surface area contributed by atoms with Crippen molar-refractivity contribution in [2.75, 3.05) is 31.2 Å². The number of aliphatic hydroxyl groups is 2. The Labute approximate surface area is 179 Å². The number of aromatic carboxylic acids is 1. The monoisotopic (exact) mass is 445 g/mol. The summed E-state index contributed by atoms with van der Waals surface area (Å²) < 4.78 is 1.52. The second-order valence-corrected chi connectivity index (χ2v) is 7.84. The van der Waals surface area contributed by atoms with Crippen LogP contribution >= 0.6 is 11.3 Å². The maximum Gasteiger partial charge on any atom is 0.341 e. The molecule has 0 radical (unpaired) electrons. The molecule has 11 nitrogen and oxygen atoms in total. The van der Waals surface area contributed by atoms with E-state index in [1.54, 1.807) is 24.6 Å². The zero-order chi connectivity index (χ0) is 22.1. The van der Waals surface area contributed by atoms with Gasteiger partial charge in [0, 0.05) is 17.8 Å². The van der Waals surface area contributed by atoms with E-state index < -0.39 is 17.5 Å². The van der Waals surface area contributed by atoms with E-state index in [1.807, 2.05) is 4.90 Å². The number of aromatic nitrogens is 3. The summed E-state index contributed by atoms with van der Waals surface area (Å²) in [5.41, 5.74) is 0.691. The van der Waals surface area contributed by atoms with Crippen LogP contribution in [0.2, 0.25) is 0 Å². The van der Waals surface area contributed by atoms with Crippen molar-refractivity contribution < 1.29 is 25.0 Å². The third kappa shape index (κ3) is 3.87. The van der Waals surface area contributed by atoms with E-state index in [0.29, 0.717) is 41.0 Å². The second kappa shape index (κ2) is 8.41. The molecule has 0 saturated carbocycles. The standard InChI is InChI=1S/C19H19N5O6S/c1-10-4-14(23-5-11(6-23)22-30-12(8-25)9-26)21-17-15(10)16(27)13(18(28)29)7-24(17)19-20-2-3-31-19/h2-4,7,12,25-26H,5-6,8-9H2,1H3,(H,28,29). The lowest BCUT2D eigenvalue weighted by Crippen LogP contribution is -2.48. The van der Waals surface area contributed by atoms with Crippen molar-refractivity contribution in [3.05, 3.63) is 45.2 Å². The number of aliphatic hydroxyl groups excluding tert-OH is 2. The number of hydrogen-bond acceptors (Lipinski definition) is 10. The summed E-state index contributed by atoms with van der Waals surface area (Å²) >= 11 is 1.30. The van der Waals surface area contributed by atoms with Crippen molar-refractivity contribution in [2.45, 2.75) is 13.0 Å². The van der Waals surface area contributed by atoms with Gasteiger partial charge in [-0.05, 0) is 18.6 Å². The molecular formula is C19H19N5O6S. The molecule has 1 saturated heterocycles. The third-order valence-corrected chi connectivity index (χ3v) is 5.58. The van der Waals surface area contributed by atoms with Crippen molar-refractivity contribution in [1.82, 2.24) is 14.5 Å². The topological polar surface area (TPSA) is 150 Å². The minimum atomic E-state index is -1.31. The highest BCUT2D eigenvalue weighted by atomic mass is 32.1. The van der Waals surface area contributed by atoms with Gasteiger partial charge in [-0.25, -0.2) is 14.8 Å². The smallest absolute Gasteiger partial charge is 0.341 e. The quantitative estimate of drug-likeness (QED) is 0.439. The summed E-state index contributed by atoms with van der Waals surface area (Å²) in [4.78, 5) is 40.2. The van der Waals surface area contributed by atoms with Crippen LogP contribution in [-0.2, 0) is 4.84 Å². The molecule has 0 bridgehead atoms. The fraction of sp³-hybridized carbons (Fsp3) is 0.316. The lowest BCUT2D eigenvalue weighted by atomic mass is 10.1. The van der Waals surface area contributed by atoms with Crippen LogP contribution in [0.25, 0.3) is 16.2 Å². The molecule has 3 N–H and O–H groups in total. The lowest BCUT2D eigenvalue weighted by Gasteiger charge is -2.33. The Kier molecular flexibility index (Phi) is 5.67. The first kappa shape index (κ1) is 20.9. The number of rotatable bonds is 7. The first-order chi connectivity index (χ1) is 14.9. The Morgan fingerprint density at radius 3 is 2.71 bits per heavy atom. The normalized spacial score (nSPS) is 13.5. The maximum absolute atomic E-state index is 12.8. The number of pyridine rings is 2. The number of oxime groups is 1. The van der Waals surface area contributed by atoms with Gasteiger partial charge < -0.3 is 25.1 Å². The molecule has 3 aromatic rings. The first-order valence-corrected chi connectivity index (χ1v) is 10.2. The molecule has 1 fully saturated rings. The summed E-state index contributed by atoms with van der Waals surface area (Å²) in [6, 6.07) is 1.73. The van der Waals surface area contributed by atoms with Gasteiger partial charge in [-0.1, -0.05) is 5.16 Å². The number of aryl methyl sites for hydroxylation is 1. The molecule has 0 aliphatic carbocycles.